The van der Waals surface area contributed by atoms with Gasteiger partial charge in [0.15, 0.2) is 0 Å². The first-order valence-corrected chi connectivity index (χ1v) is 8.79. The van der Waals surface area contributed by atoms with Gasteiger partial charge in [-0.05, 0) is 67.1 Å². The summed E-state index contributed by atoms with van der Waals surface area (Å²) in [5, 5.41) is 11.0. The lowest BCUT2D eigenvalue weighted by molar-refractivity contribution is -0.131. The second-order valence-corrected chi connectivity index (χ2v) is 6.15. The van der Waals surface area contributed by atoms with Crippen LogP contribution in [0.5, 0.6) is 11.5 Å². The maximum absolute atomic E-state index is 12.3. The number of benzene rings is 2. The van der Waals surface area contributed by atoms with Crippen molar-refractivity contribution in [3.63, 3.8) is 0 Å². The molecule has 8 nitrogen and oxygen atoms in total. The fourth-order valence-corrected chi connectivity index (χ4v) is 2.54. The Morgan fingerprint density at radius 3 is 2.28 bits per heavy atom. The van der Waals surface area contributed by atoms with Crippen LogP contribution in [0.15, 0.2) is 59.7 Å². The summed E-state index contributed by atoms with van der Waals surface area (Å²) in [6.45, 7) is 3.10. The summed E-state index contributed by atoms with van der Waals surface area (Å²) < 4.78 is 10.1. The van der Waals surface area contributed by atoms with Gasteiger partial charge >= 0.3 is 5.97 Å². The largest absolute Gasteiger partial charge is 0.497 e. The number of esters is 1. The summed E-state index contributed by atoms with van der Waals surface area (Å²) in [4.78, 5) is 23.3. The zero-order valence-electron chi connectivity index (χ0n) is 16.2. The smallest absolute Gasteiger partial charge is 0.308 e. The van der Waals surface area contributed by atoms with Gasteiger partial charge in [0.2, 0.25) is 0 Å². The van der Waals surface area contributed by atoms with Crippen LogP contribution in [0.3, 0.4) is 0 Å². The molecule has 1 amide bonds. The molecule has 0 spiro atoms. The molecule has 2 aromatic carbocycles. The number of aromatic amines is 1. The Morgan fingerprint density at radius 2 is 1.66 bits per heavy atom. The fraction of sp³-hybridized carbons (Fsp3) is 0.143. The van der Waals surface area contributed by atoms with E-state index in [-0.39, 0.29) is 11.7 Å². The quantitative estimate of drug-likeness (QED) is 0.290. The Bertz CT molecular complexity index is 1040. The second kappa shape index (κ2) is 8.83. The van der Waals surface area contributed by atoms with Gasteiger partial charge in [-0.1, -0.05) is 0 Å². The number of carbonyl (C=O) groups is 2. The first kappa shape index (κ1) is 19.8. The van der Waals surface area contributed by atoms with Crippen molar-refractivity contribution < 1.29 is 19.1 Å². The number of carbonyl (C=O) groups excluding carboxylic acids is 2. The highest BCUT2D eigenvalue weighted by Crippen LogP contribution is 2.21. The Hall–Kier alpha value is -3.94. The first-order valence-electron chi connectivity index (χ1n) is 8.79. The summed E-state index contributed by atoms with van der Waals surface area (Å²) in [6.07, 6.45) is 0. The number of rotatable bonds is 6. The molecule has 0 saturated carbocycles. The van der Waals surface area contributed by atoms with Crippen molar-refractivity contribution in [1.29, 1.82) is 0 Å². The highest BCUT2D eigenvalue weighted by Gasteiger charge is 2.11. The lowest BCUT2D eigenvalue weighted by atomic mass is 10.1. The molecule has 3 aromatic rings. The predicted octanol–water partition coefficient (Wildman–Crippen LogP) is 3.16. The zero-order chi connectivity index (χ0) is 20.8. The maximum Gasteiger partial charge on any atom is 0.308 e. The molecule has 2 N–H and O–H groups in total. The third-order valence-electron chi connectivity index (χ3n) is 4.07. The lowest BCUT2D eigenvalue weighted by Gasteiger charge is -2.04. The molecular weight excluding hydrogens is 372 g/mol. The summed E-state index contributed by atoms with van der Waals surface area (Å²) in [6, 6.07) is 15.8. The van der Waals surface area contributed by atoms with Crippen molar-refractivity contribution in [1.82, 2.24) is 15.6 Å². The van der Waals surface area contributed by atoms with Gasteiger partial charge in [-0.2, -0.15) is 10.2 Å². The number of hydrazone groups is 1. The third-order valence-corrected chi connectivity index (χ3v) is 4.07. The van der Waals surface area contributed by atoms with E-state index in [1.807, 2.05) is 24.3 Å². The molecule has 0 saturated heterocycles. The Morgan fingerprint density at radius 1 is 1.00 bits per heavy atom. The normalized spacial score (nSPS) is 11.1. The molecule has 0 radical (unpaired) electrons. The van der Waals surface area contributed by atoms with Crippen LogP contribution >= 0.6 is 0 Å². The summed E-state index contributed by atoms with van der Waals surface area (Å²) in [7, 11) is 1.60. The van der Waals surface area contributed by atoms with Crippen LogP contribution in [-0.4, -0.2) is 34.9 Å². The van der Waals surface area contributed by atoms with E-state index < -0.39 is 5.91 Å². The summed E-state index contributed by atoms with van der Waals surface area (Å²) in [5.74, 6) is 0.395. The number of nitrogens with one attached hydrogen (secondary N) is 2. The number of hydrogen-bond acceptors (Lipinski definition) is 6. The molecule has 148 valence electrons. The average Bonchev–Trinajstić information content (AvgIpc) is 3.22. The van der Waals surface area contributed by atoms with Crippen LogP contribution in [0, 0.1) is 0 Å². The Balaban J connectivity index is 1.65. The average molecular weight is 392 g/mol. The number of nitrogens with zero attached hydrogens (tertiary/aromatic N) is 2. The summed E-state index contributed by atoms with van der Waals surface area (Å²) in [5.41, 5.74) is 5.66. The van der Waals surface area contributed by atoms with E-state index in [0.717, 1.165) is 16.9 Å². The molecule has 1 aromatic heterocycles. The first-order chi connectivity index (χ1) is 14.0. The van der Waals surface area contributed by atoms with E-state index >= 15 is 0 Å². The van der Waals surface area contributed by atoms with E-state index in [0.29, 0.717) is 17.2 Å². The van der Waals surface area contributed by atoms with Crippen molar-refractivity contribution in [2.75, 3.05) is 7.11 Å². The van der Waals surface area contributed by atoms with Crippen molar-refractivity contribution in [2.24, 2.45) is 5.10 Å². The third kappa shape index (κ3) is 5.07. The van der Waals surface area contributed by atoms with Crippen LogP contribution in [0.1, 0.15) is 29.9 Å². The number of hydrogen-bond donors (Lipinski definition) is 2. The van der Waals surface area contributed by atoms with Crippen LogP contribution < -0.4 is 14.9 Å². The number of aromatic nitrogens is 2. The van der Waals surface area contributed by atoms with Gasteiger partial charge in [0.25, 0.3) is 5.91 Å². The second-order valence-electron chi connectivity index (χ2n) is 6.15. The van der Waals surface area contributed by atoms with Crippen molar-refractivity contribution in [3.05, 3.63) is 65.9 Å². The van der Waals surface area contributed by atoms with Gasteiger partial charge in [0.1, 0.15) is 17.2 Å². The van der Waals surface area contributed by atoms with Gasteiger partial charge in [-0.25, -0.2) is 5.43 Å². The molecule has 8 heteroatoms. The minimum atomic E-state index is -0.409. The topological polar surface area (TPSA) is 106 Å². The van der Waals surface area contributed by atoms with Gasteiger partial charge in [0, 0.05) is 12.5 Å². The molecule has 0 fully saturated rings. The lowest BCUT2D eigenvalue weighted by Crippen LogP contribution is -2.19. The molecule has 0 unspecified atom stereocenters. The minimum Gasteiger partial charge on any atom is -0.497 e. The molecule has 1 heterocycles. The molecule has 3 rings (SSSR count). The number of amides is 1. The SMILES string of the molecule is COc1ccc(-c2cc(C(=O)NN=C(C)c3ccc(OC(C)=O)cc3)[nH]n2)cc1. The summed E-state index contributed by atoms with van der Waals surface area (Å²) >= 11 is 0. The van der Waals surface area contributed by atoms with E-state index in [4.69, 9.17) is 9.47 Å². The van der Waals surface area contributed by atoms with Gasteiger partial charge in [0.05, 0.1) is 18.5 Å². The number of H-pyrrole nitrogens is 1. The number of methoxy groups -OCH3 is 1. The monoisotopic (exact) mass is 392 g/mol. The van der Waals surface area contributed by atoms with Gasteiger partial charge in [-0.3, -0.25) is 14.7 Å². The standard InChI is InChI=1S/C21H20N4O4/c1-13(15-4-10-18(11-5-15)29-14(2)26)22-25-21(27)20-12-19(23-24-20)16-6-8-17(28-3)9-7-16/h4-12H,1-3H3,(H,23,24)(H,25,27). The zero-order valence-corrected chi connectivity index (χ0v) is 16.2. The maximum atomic E-state index is 12.3. The van der Waals surface area contributed by atoms with E-state index in [1.165, 1.54) is 6.92 Å². The Kier molecular flexibility index (Phi) is 6.03. The Labute approximate surface area is 167 Å². The molecule has 0 atom stereocenters. The van der Waals surface area contributed by atoms with Crippen LogP contribution in [0.4, 0.5) is 0 Å². The van der Waals surface area contributed by atoms with Gasteiger partial charge in [-0.15, -0.1) is 0 Å². The molecule has 0 aliphatic carbocycles. The highest BCUT2D eigenvalue weighted by molar-refractivity contribution is 6.00. The van der Waals surface area contributed by atoms with E-state index in [2.05, 4.69) is 20.7 Å². The predicted molar refractivity (Wildman–Crippen MR) is 108 cm³/mol. The fourth-order valence-electron chi connectivity index (χ4n) is 2.54. The molecule has 29 heavy (non-hydrogen) atoms. The van der Waals surface area contributed by atoms with Crippen LogP contribution in [-0.2, 0) is 4.79 Å². The molecule has 0 aliphatic heterocycles. The van der Waals surface area contributed by atoms with Gasteiger partial charge < -0.3 is 9.47 Å². The van der Waals surface area contributed by atoms with E-state index in [1.54, 1.807) is 44.4 Å². The minimum absolute atomic E-state index is 0.289. The molecular formula is C21H20N4O4. The van der Waals surface area contributed by atoms with Crippen LogP contribution in [0.2, 0.25) is 0 Å². The van der Waals surface area contributed by atoms with Crippen LogP contribution in [0.25, 0.3) is 11.3 Å². The van der Waals surface area contributed by atoms with Crippen molar-refractivity contribution >= 4 is 17.6 Å². The van der Waals surface area contributed by atoms with Crippen molar-refractivity contribution in [3.8, 4) is 22.8 Å². The highest BCUT2D eigenvalue weighted by atomic mass is 16.5. The molecule has 0 aliphatic rings. The van der Waals surface area contributed by atoms with E-state index in [9.17, 15) is 9.59 Å². The molecule has 0 bridgehead atoms. The van der Waals surface area contributed by atoms with Crippen molar-refractivity contribution in [2.45, 2.75) is 13.8 Å². The number of ether oxygens (including phenoxy) is 2.